The Hall–Kier alpha value is -2.67. The number of fused-ring (bicyclic) bond motifs is 1. The van der Waals surface area contributed by atoms with Crippen molar-refractivity contribution in [2.45, 2.75) is 12.8 Å². The summed E-state index contributed by atoms with van der Waals surface area (Å²) in [5.74, 6) is 1.14. The first-order valence-electron chi connectivity index (χ1n) is 8.06. The van der Waals surface area contributed by atoms with Gasteiger partial charge in [0.05, 0.1) is 13.2 Å². The Kier molecular flexibility index (Phi) is 4.00. The molecule has 0 radical (unpaired) electrons. The maximum atomic E-state index is 12.2. The molecule has 3 heterocycles. The highest BCUT2D eigenvalue weighted by atomic mass is 16.5. The number of rotatable bonds is 4. The SMILES string of the molecule is O=C(CCc1nc(-c2cccc3[nH]ccc23)no1)N1CCOCC1. The molecule has 1 saturated heterocycles. The molecular weight excluding hydrogens is 308 g/mol. The van der Waals surface area contributed by atoms with Crippen molar-refractivity contribution >= 4 is 16.8 Å². The van der Waals surface area contributed by atoms with Crippen LogP contribution in [0.4, 0.5) is 0 Å². The standard InChI is InChI=1S/C17H18N4O3/c22-16(21-8-10-23-11-9-21)5-4-15-19-17(20-24-15)13-2-1-3-14-12(13)6-7-18-14/h1-3,6-7,18H,4-5,8-11H2. The zero-order valence-electron chi connectivity index (χ0n) is 13.2. The zero-order chi connectivity index (χ0) is 16.4. The van der Waals surface area contributed by atoms with Crippen molar-refractivity contribution < 1.29 is 14.1 Å². The van der Waals surface area contributed by atoms with Crippen LogP contribution in [0.5, 0.6) is 0 Å². The van der Waals surface area contributed by atoms with E-state index < -0.39 is 0 Å². The lowest BCUT2D eigenvalue weighted by Gasteiger charge is -2.26. The summed E-state index contributed by atoms with van der Waals surface area (Å²) in [5, 5.41) is 5.11. The van der Waals surface area contributed by atoms with Gasteiger partial charge in [-0.2, -0.15) is 4.98 Å². The van der Waals surface area contributed by atoms with Gasteiger partial charge in [0.15, 0.2) is 0 Å². The van der Waals surface area contributed by atoms with Crippen molar-refractivity contribution in [1.82, 2.24) is 20.0 Å². The van der Waals surface area contributed by atoms with Crippen LogP contribution in [0.25, 0.3) is 22.3 Å². The predicted molar refractivity (Wildman–Crippen MR) is 87.3 cm³/mol. The third-order valence-electron chi connectivity index (χ3n) is 4.22. The Morgan fingerprint density at radius 2 is 2.12 bits per heavy atom. The number of aromatic nitrogens is 3. The third-order valence-corrected chi connectivity index (χ3v) is 4.22. The van der Waals surface area contributed by atoms with Crippen LogP contribution in [0.1, 0.15) is 12.3 Å². The lowest BCUT2D eigenvalue weighted by atomic mass is 10.1. The van der Waals surface area contributed by atoms with Gasteiger partial charge in [0.25, 0.3) is 0 Å². The fourth-order valence-corrected chi connectivity index (χ4v) is 2.93. The summed E-state index contributed by atoms with van der Waals surface area (Å²) < 4.78 is 10.6. The van der Waals surface area contributed by atoms with E-state index in [4.69, 9.17) is 9.26 Å². The van der Waals surface area contributed by atoms with E-state index in [9.17, 15) is 4.79 Å². The van der Waals surface area contributed by atoms with E-state index in [0.29, 0.717) is 50.9 Å². The van der Waals surface area contributed by atoms with E-state index in [1.807, 2.05) is 35.4 Å². The first-order valence-corrected chi connectivity index (χ1v) is 8.06. The Balaban J connectivity index is 1.45. The number of aryl methyl sites for hydroxylation is 1. The van der Waals surface area contributed by atoms with Crippen molar-refractivity contribution in [2.24, 2.45) is 0 Å². The number of carbonyl (C=O) groups excluding carboxylic acids is 1. The van der Waals surface area contributed by atoms with Crippen LogP contribution in [-0.4, -0.2) is 52.2 Å². The molecule has 1 N–H and O–H groups in total. The number of carbonyl (C=O) groups is 1. The summed E-state index contributed by atoms with van der Waals surface area (Å²) >= 11 is 0. The molecule has 1 aliphatic heterocycles. The summed E-state index contributed by atoms with van der Waals surface area (Å²) in [6, 6.07) is 7.90. The van der Waals surface area contributed by atoms with E-state index in [1.165, 1.54) is 0 Å². The molecule has 0 spiro atoms. The molecular formula is C17H18N4O3. The highest BCUT2D eigenvalue weighted by molar-refractivity contribution is 5.93. The molecule has 7 heteroatoms. The smallest absolute Gasteiger partial charge is 0.227 e. The number of hydrogen-bond acceptors (Lipinski definition) is 5. The molecule has 0 bridgehead atoms. The summed E-state index contributed by atoms with van der Waals surface area (Å²) in [5.41, 5.74) is 1.95. The molecule has 1 fully saturated rings. The molecule has 0 atom stereocenters. The number of ether oxygens (including phenoxy) is 1. The minimum atomic E-state index is 0.103. The van der Waals surface area contributed by atoms with Gasteiger partial charge in [0.2, 0.25) is 17.6 Å². The predicted octanol–water partition coefficient (Wildman–Crippen LogP) is 2.01. The maximum Gasteiger partial charge on any atom is 0.227 e. The molecule has 3 aromatic rings. The van der Waals surface area contributed by atoms with Gasteiger partial charge in [0.1, 0.15) is 0 Å². The molecule has 7 nitrogen and oxygen atoms in total. The minimum Gasteiger partial charge on any atom is -0.378 e. The number of amides is 1. The van der Waals surface area contributed by atoms with Gasteiger partial charge in [-0.15, -0.1) is 0 Å². The van der Waals surface area contributed by atoms with Gasteiger partial charge in [0, 0.05) is 48.6 Å². The molecule has 0 aliphatic carbocycles. The minimum absolute atomic E-state index is 0.103. The average Bonchev–Trinajstić information content (AvgIpc) is 3.29. The van der Waals surface area contributed by atoms with Crippen LogP contribution in [-0.2, 0) is 16.0 Å². The van der Waals surface area contributed by atoms with Crippen molar-refractivity contribution in [3.8, 4) is 11.4 Å². The van der Waals surface area contributed by atoms with Crippen molar-refractivity contribution in [2.75, 3.05) is 26.3 Å². The molecule has 124 valence electrons. The lowest BCUT2D eigenvalue weighted by Crippen LogP contribution is -2.40. The van der Waals surface area contributed by atoms with Crippen LogP contribution < -0.4 is 0 Å². The fourth-order valence-electron chi connectivity index (χ4n) is 2.93. The lowest BCUT2D eigenvalue weighted by molar-refractivity contribution is -0.135. The van der Waals surface area contributed by atoms with Gasteiger partial charge < -0.3 is 19.1 Å². The van der Waals surface area contributed by atoms with Gasteiger partial charge >= 0.3 is 0 Å². The molecule has 0 saturated carbocycles. The van der Waals surface area contributed by atoms with E-state index >= 15 is 0 Å². The second kappa shape index (κ2) is 6.45. The van der Waals surface area contributed by atoms with Gasteiger partial charge in [-0.3, -0.25) is 4.79 Å². The summed E-state index contributed by atoms with van der Waals surface area (Å²) in [6.45, 7) is 2.53. The molecule has 2 aromatic heterocycles. The normalized spacial score (nSPS) is 15.1. The van der Waals surface area contributed by atoms with Crippen LogP contribution in [0.3, 0.4) is 0 Å². The van der Waals surface area contributed by atoms with Gasteiger partial charge in [-0.25, -0.2) is 0 Å². The van der Waals surface area contributed by atoms with Gasteiger partial charge in [-0.05, 0) is 12.1 Å². The molecule has 0 unspecified atom stereocenters. The average molecular weight is 326 g/mol. The highest BCUT2D eigenvalue weighted by Crippen LogP contribution is 2.26. The highest BCUT2D eigenvalue weighted by Gasteiger charge is 2.18. The van der Waals surface area contributed by atoms with Gasteiger partial charge in [-0.1, -0.05) is 17.3 Å². The first kappa shape index (κ1) is 14.9. The summed E-state index contributed by atoms with van der Waals surface area (Å²) in [4.78, 5) is 21.6. The van der Waals surface area contributed by atoms with E-state index in [-0.39, 0.29) is 5.91 Å². The second-order valence-electron chi connectivity index (χ2n) is 5.75. The van der Waals surface area contributed by atoms with Crippen molar-refractivity contribution in [1.29, 1.82) is 0 Å². The Labute approximate surface area is 138 Å². The van der Waals surface area contributed by atoms with Crippen LogP contribution in [0.2, 0.25) is 0 Å². The third kappa shape index (κ3) is 2.90. The van der Waals surface area contributed by atoms with Crippen molar-refractivity contribution in [3.05, 3.63) is 36.4 Å². The van der Waals surface area contributed by atoms with E-state index in [2.05, 4.69) is 15.1 Å². The number of H-pyrrole nitrogens is 1. The topological polar surface area (TPSA) is 84.2 Å². The quantitative estimate of drug-likeness (QED) is 0.793. The molecule has 24 heavy (non-hydrogen) atoms. The largest absolute Gasteiger partial charge is 0.378 e. The van der Waals surface area contributed by atoms with E-state index in [1.54, 1.807) is 0 Å². The number of benzene rings is 1. The van der Waals surface area contributed by atoms with Crippen LogP contribution in [0, 0.1) is 0 Å². The Morgan fingerprint density at radius 1 is 1.25 bits per heavy atom. The summed E-state index contributed by atoms with van der Waals surface area (Å²) in [6.07, 6.45) is 2.71. The van der Waals surface area contributed by atoms with Crippen LogP contribution in [0.15, 0.2) is 35.0 Å². The molecule has 1 aromatic carbocycles. The number of aromatic amines is 1. The van der Waals surface area contributed by atoms with E-state index in [0.717, 1.165) is 16.5 Å². The summed E-state index contributed by atoms with van der Waals surface area (Å²) in [7, 11) is 0. The number of morpholine rings is 1. The molecule has 1 aliphatic rings. The Bertz CT molecular complexity index is 848. The zero-order valence-corrected chi connectivity index (χ0v) is 13.2. The first-order chi connectivity index (χ1) is 11.8. The molecule has 1 amide bonds. The molecule has 4 rings (SSSR count). The monoisotopic (exact) mass is 326 g/mol. The maximum absolute atomic E-state index is 12.2. The fraction of sp³-hybridized carbons (Fsp3) is 0.353. The number of nitrogens with zero attached hydrogens (tertiary/aromatic N) is 3. The Morgan fingerprint density at radius 3 is 3.00 bits per heavy atom. The number of hydrogen-bond donors (Lipinski definition) is 1. The van der Waals surface area contributed by atoms with Crippen LogP contribution >= 0.6 is 0 Å². The number of nitrogens with one attached hydrogen (secondary N) is 1. The van der Waals surface area contributed by atoms with Crippen molar-refractivity contribution in [3.63, 3.8) is 0 Å². The second-order valence-corrected chi connectivity index (χ2v) is 5.75.